The number of imidazole rings is 1. The van der Waals surface area contributed by atoms with E-state index >= 15 is 0 Å². The molecule has 1 aliphatic rings. The van der Waals surface area contributed by atoms with E-state index in [1.54, 1.807) is 0 Å². The van der Waals surface area contributed by atoms with Gasteiger partial charge in [-0.15, -0.1) is 0 Å². The van der Waals surface area contributed by atoms with Crippen molar-refractivity contribution < 1.29 is 0 Å². The highest BCUT2D eigenvalue weighted by Gasteiger charge is 2.36. The second kappa shape index (κ2) is 11.9. The van der Waals surface area contributed by atoms with Gasteiger partial charge in [-0.3, -0.25) is 0 Å². The third kappa shape index (κ3) is 5.99. The summed E-state index contributed by atoms with van der Waals surface area (Å²) in [4.78, 5) is 4.96. The third-order valence-corrected chi connectivity index (χ3v) is 8.92. The van der Waals surface area contributed by atoms with Gasteiger partial charge in [0.1, 0.15) is 5.82 Å². The smallest absolute Gasteiger partial charge is 0.140 e. The van der Waals surface area contributed by atoms with Crippen LogP contribution in [0.2, 0.25) is 0 Å². The molecule has 0 radical (unpaired) electrons. The van der Waals surface area contributed by atoms with Crippen molar-refractivity contribution in [3.05, 3.63) is 144 Å². The molecule has 0 amide bonds. The van der Waals surface area contributed by atoms with Crippen molar-refractivity contribution in [2.75, 3.05) is 0 Å². The minimum absolute atomic E-state index is 0.166. The maximum Gasteiger partial charge on any atom is 0.140 e. The van der Waals surface area contributed by atoms with Gasteiger partial charge in [0, 0.05) is 18.0 Å². The molecule has 0 saturated heterocycles. The second-order valence-corrected chi connectivity index (χ2v) is 13.9. The average Bonchev–Trinajstić information content (AvgIpc) is 3.53. The van der Waals surface area contributed by atoms with E-state index in [9.17, 15) is 0 Å². The van der Waals surface area contributed by atoms with Crippen LogP contribution in [0.3, 0.4) is 0 Å². The van der Waals surface area contributed by atoms with Gasteiger partial charge >= 0.3 is 0 Å². The summed E-state index contributed by atoms with van der Waals surface area (Å²) in [6.45, 7) is 14.0. The molecule has 2 heteroatoms. The molecule has 1 aliphatic carbocycles. The predicted molar refractivity (Wildman–Crippen MR) is 187 cm³/mol. The standard InChI is InChI=1S/C42H44N2/c1-30(2)39-28-34(32-16-11-8-12-17-32)22-23-42(39,6)44-25-24-43-40(44)36-19-13-18-35(27-36)38-21-20-33(31-14-9-7-10-15-31)26-37(38)29-41(3,4)5/h7-22,24-28,30H,23,29H2,1-6H3. The molecule has 0 N–H and O–H groups in total. The van der Waals surface area contributed by atoms with Gasteiger partial charge in [-0.2, -0.15) is 0 Å². The molecule has 0 spiro atoms. The first-order valence-corrected chi connectivity index (χ1v) is 15.9. The van der Waals surface area contributed by atoms with E-state index in [2.05, 4.69) is 168 Å². The van der Waals surface area contributed by atoms with Crippen LogP contribution < -0.4 is 0 Å². The molecule has 0 saturated carbocycles. The Balaban J connectivity index is 1.40. The minimum Gasteiger partial charge on any atom is -0.321 e. The Hall–Kier alpha value is -4.43. The Morgan fingerprint density at radius 2 is 1.41 bits per heavy atom. The summed E-state index contributed by atoms with van der Waals surface area (Å²) in [6.07, 6.45) is 10.9. The van der Waals surface area contributed by atoms with E-state index in [0.717, 1.165) is 24.2 Å². The number of aromatic nitrogens is 2. The fraction of sp³-hybridized carbons (Fsp3) is 0.262. The first kappa shape index (κ1) is 29.6. The molecule has 6 rings (SSSR count). The van der Waals surface area contributed by atoms with Gasteiger partial charge in [-0.25, -0.2) is 4.98 Å². The van der Waals surface area contributed by atoms with Crippen LogP contribution in [0.5, 0.6) is 0 Å². The van der Waals surface area contributed by atoms with Gasteiger partial charge in [0.25, 0.3) is 0 Å². The van der Waals surface area contributed by atoms with Crippen molar-refractivity contribution in [1.29, 1.82) is 0 Å². The van der Waals surface area contributed by atoms with Crippen LogP contribution in [0, 0.1) is 11.3 Å². The van der Waals surface area contributed by atoms with Crippen LogP contribution in [-0.4, -0.2) is 9.55 Å². The van der Waals surface area contributed by atoms with Gasteiger partial charge in [0.05, 0.1) is 5.54 Å². The summed E-state index contributed by atoms with van der Waals surface area (Å²) in [5, 5.41) is 0. The summed E-state index contributed by atoms with van der Waals surface area (Å²) >= 11 is 0. The lowest BCUT2D eigenvalue weighted by molar-refractivity contribution is 0.357. The number of benzene rings is 4. The molecule has 2 nitrogen and oxygen atoms in total. The quantitative estimate of drug-likeness (QED) is 0.188. The number of nitrogens with zero attached hydrogens (tertiary/aromatic N) is 2. The van der Waals surface area contributed by atoms with Crippen molar-refractivity contribution in [3.8, 4) is 33.6 Å². The molecule has 4 aromatic carbocycles. The molecule has 5 aromatic rings. The topological polar surface area (TPSA) is 17.8 Å². The molecule has 1 unspecified atom stereocenters. The van der Waals surface area contributed by atoms with Gasteiger partial charge in [0.2, 0.25) is 0 Å². The Bertz CT molecular complexity index is 1810. The normalized spacial score (nSPS) is 17.0. The third-order valence-electron chi connectivity index (χ3n) is 8.92. The zero-order valence-electron chi connectivity index (χ0n) is 27.0. The van der Waals surface area contributed by atoms with E-state index < -0.39 is 0 Å². The molecular formula is C42H44N2. The van der Waals surface area contributed by atoms with Crippen LogP contribution in [0.1, 0.15) is 59.1 Å². The van der Waals surface area contributed by atoms with E-state index in [1.165, 1.54) is 44.5 Å². The van der Waals surface area contributed by atoms with Gasteiger partial charge in [0.15, 0.2) is 0 Å². The maximum atomic E-state index is 4.96. The first-order valence-electron chi connectivity index (χ1n) is 15.9. The molecule has 0 fully saturated rings. The van der Waals surface area contributed by atoms with Crippen molar-refractivity contribution in [2.45, 2.75) is 59.9 Å². The lowest BCUT2D eigenvalue weighted by atomic mass is 9.76. The van der Waals surface area contributed by atoms with Crippen molar-refractivity contribution >= 4 is 5.57 Å². The fourth-order valence-electron chi connectivity index (χ4n) is 6.81. The summed E-state index contributed by atoms with van der Waals surface area (Å²) in [5.41, 5.74) is 11.5. The van der Waals surface area contributed by atoms with Crippen molar-refractivity contribution in [2.24, 2.45) is 11.3 Å². The molecule has 0 aliphatic heterocycles. The van der Waals surface area contributed by atoms with E-state index in [1.807, 2.05) is 6.20 Å². The van der Waals surface area contributed by atoms with E-state index in [4.69, 9.17) is 4.98 Å². The summed E-state index contributed by atoms with van der Waals surface area (Å²) < 4.78 is 2.41. The summed E-state index contributed by atoms with van der Waals surface area (Å²) in [6, 6.07) is 37.4. The fourth-order valence-corrected chi connectivity index (χ4v) is 6.81. The van der Waals surface area contributed by atoms with Crippen LogP contribution in [-0.2, 0) is 12.0 Å². The van der Waals surface area contributed by atoms with E-state index in [0.29, 0.717) is 5.92 Å². The Labute approximate surface area is 263 Å². The summed E-state index contributed by atoms with van der Waals surface area (Å²) in [5.74, 6) is 1.41. The Kier molecular flexibility index (Phi) is 8.03. The molecule has 1 atom stereocenters. The highest BCUT2D eigenvalue weighted by Crippen LogP contribution is 2.43. The number of hydrogen-bond acceptors (Lipinski definition) is 1. The minimum atomic E-state index is -0.205. The molecular weight excluding hydrogens is 532 g/mol. The lowest BCUT2D eigenvalue weighted by Crippen LogP contribution is -2.35. The lowest BCUT2D eigenvalue weighted by Gasteiger charge is -2.39. The highest BCUT2D eigenvalue weighted by molar-refractivity contribution is 5.78. The Morgan fingerprint density at radius 1 is 0.750 bits per heavy atom. The van der Waals surface area contributed by atoms with Crippen LogP contribution >= 0.6 is 0 Å². The molecule has 1 aromatic heterocycles. The van der Waals surface area contributed by atoms with Crippen LogP contribution in [0.15, 0.2) is 133 Å². The number of hydrogen-bond donors (Lipinski definition) is 0. The molecule has 222 valence electrons. The van der Waals surface area contributed by atoms with Crippen LogP contribution in [0.4, 0.5) is 0 Å². The number of rotatable bonds is 7. The second-order valence-electron chi connectivity index (χ2n) is 13.9. The SMILES string of the molecule is CC(C)C1=CC(c2ccccc2)=CCC1(C)n1ccnc1-c1cccc(-c2ccc(-c3ccccc3)cc2CC(C)(C)C)c1. The van der Waals surface area contributed by atoms with Gasteiger partial charge < -0.3 is 4.57 Å². The Morgan fingerprint density at radius 3 is 2.09 bits per heavy atom. The predicted octanol–water partition coefficient (Wildman–Crippen LogP) is 11.3. The highest BCUT2D eigenvalue weighted by atomic mass is 15.1. The summed E-state index contributed by atoms with van der Waals surface area (Å²) in [7, 11) is 0. The van der Waals surface area contributed by atoms with Gasteiger partial charge in [-0.05, 0) is 81.7 Å². The average molecular weight is 577 g/mol. The monoisotopic (exact) mass is 576 g/mol. The largest absolute Gasteiger partial charge is 0.321 e. The molecule has 0 bridgehead atoms. The van der Waals surface area contributed by atoms with Gasteiger partial charge in [-0.1, -0.05) is 144 Å². The number of allylic oxidation sites excluding steroid dienone is 4. The molecule has 1 heterocycles. The van der Waals surface area contributed by atoms with Crippen molar-refractivity contribution in [1.82, 2.24) is 9.55 Å². The zero-order valence-corrected chi connectivity index (χ0v) is 27.0. The van der Waals surface area contributed by atoms with Crippen molar-refractivity contribution in [3.63, 3.8) is 0 Å². The molecule has 44 heavy (non-hydrogen) atoms. The zero-order chi connectivity index (χ0) is 30.9. The van der Waals surface area contributed by atoms with E-state index in [-0.39, 0.29) is 11.0 Å². The first-order chi connectivity index (χ1) is 21.1. The maximum absolute atomic E-state index is 4.96. The van der Waals surface area contributed by atoms with Crippen LogP contribution in [0.25, 0.3) is 39.2 Å².